The SMILES string of the molecule is CC(=O)Nc1cccc2c1C(=O)C(=O)N2. The lowest BCUT2D eigenvalue weighted by Crippen LogP contribution is -2.14. The first kappa shape index (κ1) is 9.39. The van der Waals surface area contributed by atoms with Gasteiger partial charge >= 0.3 is 0 Å². The minimum Gasteiger partial charge on any atom is -0.326 e. The third-order valence-corrected chi connectivity index (χ3v) is 2.06. The lowest BCUT2D eigenvalue weighted by Gasteiger charge is -2.05. The molecule has 0 fully saturated rings. The largest absolute Gasteiger partial charge is 0.326 e. The van der Waals surface area contributed by atoms with Gasteiger partial charge in [-0.3, -0.25) is 14.4 Å². The van der Waals surface area contributed by atoms with E-state index in [1.54, 1.807) is 18.2 Å². The molecule has 2 rings (SSSR count). The van der Waals surface area contributed by atoms with Crippen LogP contribution in [0.15, 0.2) is 18.2 Å². The van der Waals surface area contributed by atoms with Gasteiger partial charge in [0.25, 0.3) is 11.7 Å². The highest BCUT2D eigenvalue weighted by molar-refractivity contribution is 6.52. The summed E-state index contributed by atoms with van der Waals surface area (Å²) in [5.74, 6) is -1.56. The van der Waals surface area contributed by atoms with E-state index in [4.69, 9.17) is 0 Å². The molecule has 0 aromatic heterocycles. The molecule has 0 radical (unpaired) electrons. The van der Waals surface area contributed by atoms with Gasteiger partial charge in [0.2, 0.25) is 5.91 Å². The van der Waals surface area contributed by atoms with Crippen LogP contribution in [0.5, 0.6) is 0 Å². The van der Waals surface area contributed by atoms with Gasteiger partial charge in [-0.15, -0.1) is 0 Å². The van der Waals surface area contributed by atoms with Crippen LogP contribution in [0.4, 0.5) is 11.4 Å². The fourth-order valence-electron chi connectivity index (χ4n) is 1.49. The Kier molecular flexibility index (Phi) is 2.00. The van der Waals surface area contributed by atoms with E-state index in [-0.39, 0.29) is 11.5 Å². The summed E-state index contributed by atoms with van der Waals surface area (Å²) >= 11 is 0. The lowest BCUT2D eigenvalue weighted by molar-refractivity contribution is -0.114. The first-order valence-electron chi connectivity index (χ1n) is 4.36. The predicted molar refractivity (Wildman–Crippen MR) is 53.7 cm³/mol. The van der Waals surface area contributed by atoms with Crippen LogP contribution >= 0.6 is 0 Å². The molecule has 2 N–H and O–H groups in total. The minimum absolute atomic E-state index is 0.234. The molecule has 0 spiro atoms. The van der Waals surface area contributed by atoms with E-state index in [0.717, 1.165) is 0 Å². The predicted octanol–water partition coefficient (Wildman–Crippen LogP) is 0.780. The number of carbonyl (C=O) groups excluding carboxylic acids is 3. The molecule has 0 aliphatic carbocycles. The second kappa shape index (κ2) is 3.20. The van der Waals surface area contributed by atoms with Crippen LogP contribution in [0.1, 0.15) is 17.3 Å². The normalized spacial score (nSPS) is 13.4. The van der Waals surface area contributed by atoms with E-state index in [1.165, 1.54) is 6.92 Å². The monoisotopic (exact) mass is 204 g/mol. The van der Waals surface area contributed by atoms with E-state index in [0.29, 0.717) is 11.4 Å². The summed E-state index contributed by atoms with van der Waals surface area (Å²) in [6.07, 6.45) is 0. The molecule has 1 heterocycles. The maximum atomic E-state index is 11.4. The average molecular weight is 204 g/mol. The number of hydrogen-bond acceptors (Lipinski definition) is 3. The summed E-state index contributed by atoms with van der Waals surface area (Å²) in [5, 5.41) is 4.93. The highest BCUT2D eigenvalue weighted by atomic mass is 16.2. The maximum Gasteiger partial charge on any atom is 0.296 e. The molecule has 0 bridgehead atoms. The first-order valence-corrected chi connectivity index (χ1v) is 4.36. The first-order chi connectivity index (χ1) is 7.09. The van der Waals surface area contributed by atoms with Crippen molar-refractivity contribution in [3.8, 4) is 0 Å². The van der Waals surface area contributed by atoms with Crippen molar-refractivity contribution in [3.05, 3.63) is 23.8 Å². The Bertz CT molecular complexity index is 480. The molecular weight excluding hydrogens is 196 g/mol. The van der Waals surface area contributed by atoms with Crippen molar-refractivity contribution in [1.82, 2.24) is 0 Å². The Labute approximate surface area is 85.5 Å². The van der Waals surface area contributed by atoms with Crippen LogP contribution in [-0.2, 0) is 9.59 Å². The molecule has 0 atom stereocenters. The standard InChI is InChI=1S/C10H8N2O3/c1-5(13)11-6-3-2-4-7-8(6)9(14)10(15)12-7/h2-4H,1H3,(H,11,13)(H,12,14,15). The fraction of sp³-hybridized carbons (Fsp3) is 0.100. The Morgan fingerprint density at radius 3 is 2.73 bits per heavy atom. The highest BCUT2D eigenvalue weighted by Crippen LogP contribution is 2.29. The van der Waals surface area contributed by atoms with Crippen molar-refractivity contribution in [1.29, 1.82) is 0 Å². The van der Waals surface area contributed by atoms with Crippen LogP contribution in [0.3, 0.4) is 0 Å². The molecule has 2 amide bonds. The third-order valence-electron chi connectivity index (χ3n) is 2.06. The smallest absolute Gasteiger partial charge is 0.296 e. The molecule has 0 saturated heterocycles. The molecule has 76 valence electrons. The molecule has 1 aliphatic rings. The molecule has 1 aromatic carbocycles. The fourth-order valence-corrected chi connectivity index (χ4v) is 1.49. The van der Waals surface area contributed by atoms with E-state index in [9.17, 15) is 14.4 Å². The van der Waals surface area contributed by atoms with Crippen molar-refractivity contribution >= 4 is 29.0 Å². The summed E-state index contributed by atoms with van der Waals surface area (Å²) < 4.78 is 0. The summed E-state index contributed by atoms with van der Waals surface area (Å²) in [6, 6.07) is 4.85. The van der Waals surface area contributed by atoms with Crippen LogP contribution in [-0.4, -0.2) is 17.6 Å². The molecule has 0 saturated carbocycles. The number of hydrogen-bond donors (Lipinski definition) is 2. The molecular formula is C10H8N2O3. The van der Waals surface area contributed by atoms with Gasteiger partial charge in [-0.2, -0.15) is 0 Å². The molecule has 5 nitrogen and oxygen atoms in total. The van der Waals surface area contributed by atoms with Gasteiger partial charge in [0, 0.05) is 6.92 Å². The zero-order chi connectivity index (χ0) is 11.0. The summed E-state index contributed by atoms with van der Waals surface area (Å²) in [6.45, 7) is 1.34. The molecule has 1 aromatic rings. The Morgan fingerprint density at radius 1 is 1.33 bits per heavy atom. The highest BCUT2D eigenvalue weighted by Gasteiger charge is 2.30. The Balaban J connectivity index is 2.52. The van der Waals surface area contributed by atoms with Gasteiger partial charge in [0.15, 0.2) is 0 Å². The number of Topliss-reactive ketones (excluding diaryl/α,β-unsaturated/α-hetero) is 1. The lowest BCUT2D eigenvalue weighted by atomic mass is 10.1. The Morgan fingerprint density at radius 2 is 2.07 bits per heavy atom. The van der Waals surface area contributed by atoms with Gasteiger partial charge in [-0.25, -0.2) is 0 Å². The molecule has 1 aliphatic heterocycles. The van der Waals surface area contributed by atoms with Crippen LogP contribution in [0, 0.1) is 0 Å². The van der Waals surface area contributed by atoms with E-state index < -0.39 is 11.7 Å². The number of fused-ring (bicyclic) bond motifs is 1. The second-order valence-electron chi connectivity index (χ2n) is 3.19. The van der Waals surface area contributed by atoms with Crippen molar-refractivity contribution in [2.75, 3.05) is 10.6 Å². The van der Waals surface area contributed by atoms with Crippen LogP contribution in [0.25, 0.3) is 0 Å². The van der Waals surface area contributed by atoms with Gasteiger partial charge < -0.3 is 10.6 Å². The second-order valence-corrected chi connectivity index (χ2v) is 3.19. The van der Waals surface area contributed by atoms with Gasteiger partial charge in [-0.1, -0.05) is 6.07 Å². The van der Waals surface area contributed by atoms with Crippen molar-refractivity contribution < 1.29 is 14.4 Å². The Hall–Kier alpha value is -2.17. The van der Waals surface area contributed by atoms with E-state index >= 15 is 0 Å². The zero-order valence-electron chi connectivity index (χ0n) is 7.96. The third kappa shape index (κ3) is 1.48. The van der Waals surface area contributed by atoms with Crippen molar-refractivity contribution in [2.24, 2.45) is 0 Å². The van der Waals surface area contributed by atoms with Gasteiger partial charge in [-0.05, 0) is 12.1 Å². The number of nitrogens with one attached hydrogen (secondary N) is 2. The number of anilines is 2. The van der Waals surface area contributed by atoms with Gasteiger partial charge in [0.05, 0.1) is 16.9 Å². The zero-order valence-corrected chi connectivity index (χ0v) is 7.96. The van der Waals surface area contributed by atoms with Crippen LogP contribution < -0.4 is 10.6 Å². The van der Waals surface area contributed by atoms with E-state index in [1.807, 2.05) is 0 Å². The number of carbonyl (C=O) groups is 3. The molecule has 5 heteroatoms. The van der Waals surface area contributed by atoms with Gasteiger partial charge in [0.1, 0.15) is 0 Å². The average Bonchev–Trinajstić information content (AvgIpc) is 2.43. The summed E-state index contributed by atoms with van der Waals surface area (Å²) in [4.78, 5) is 33.4. The molecule has 0 unspecified atom stereocenters. The quantitative estimate of drug-likeness (QED) is 0.664. The molecule has 15 heavy (non-hydrogen) atoms. The van der Waals surface area contributed by atoms with E-state index in [2.05, 4.69) is 10.6 Å². The topological polar surface area (TPSA) is 75.3 Å². The maximum absolute atomic E-state index is 11.4. The number of rotatable bonds is 1. The van der Waals surface area contributed by atoms with Crippen LogP contribution in [0.2, 0.25) is 0 Å². The van der Waals surface area contributed by atoms with Crippen molar-refractivity contribution in [3.63, 3.8) is 0 Å². The number of benzene rings is 1. The summed E-state index contributed by atoms with van der Waals surface area (Å²) in [7, 11) is 0. The minimum atomic E-state index is -0.664. The number of amides is 2. The number of ketones is 1. The summed E-state index contributed by atoms with van der Waals surface area (Å²) in [5.41, 5.74) is 1.04. The van der Waals surface area contributed by atoms with Crippen molar-refractivity contribution in [2.45, 2.75) is 6.92 Å².